The lowest BCUT2D eigenvalue weighted by atomic mass is 9.93. The summed E-state index contributed by atoms with van der Waals surface area (Å²) in [6, 6.07) is 12.5. The highest BCUT2D eigenvalue weighted by atomic mass is 16.5. The molecule has 0 unspecified atom stereocenters. The summed E-state index contributed by atoms with van der Waals surface area (Å²) >= 11 is 0. The molecule has 0 aromatic heterocycles. The Morgan fingerprint density at radius 2 is 1.73 bits per heavy atom. The summed E-state index contributed by atoms with van der Waals surface area (Å²) in [6.45, 7) is 10.9. The monoisotopic (exact) mass is 298 g/mol. The molecule has 0 heterocycles. The molecule has 118 valence electrons. The molecule has 0 N–H and O–H groups in total. The second-order valence-corrected chi connectivity index (χ2v) is 7.31. The normalized spacial score (nSPS) is 13.1. The third-order valence-electron chi connectivity index (χ3n) is 3.97. The first-order chi connectivity index (χ1) is 10.3. The quantitative estimate of drug-likeness (QED) is 0.722. The predicted molar refractivity (Wildman–Crippen MR) is 92.1 cm³/mol. The van der Waals surface area contributed by atoms with E-state index in [0.29, 0.717) is 6.61 Å². The Morgan fingerprint density at radius 3 is 2.41 bits per heavy atom. The van der Waals surface area contributed by atoms with Gasteiger partial charge in [-0.2, -0.15) is 0 Å². The van der Waals surface area contributed by atoms with Gasteiger partial charge in [-0.05, 0) is 42.0 Å². The van der Waals surface area contributed by atoms with Crippen LogP contribution in [0, 0.1) is 12.3 Å². The fourth-order valence-electron chi connectivity index (χ4n) is 2.37. The van der Waals surface area contributed by atoms with Crippen LogP contribution in [0.4, 0.5) is 0 Å². The maximum absolute atomic E-state index is 12.2. The van der Waals surface area contributed by atoms with Crippen LogP contribution < -0.4 is 0 Å². The summed E-state index contributed by atoms with van der Waals surface area (Å²) in [5.74, 6) is -0.374. The average molecular weight is 298 g/mol. The summed E-state index contributed by atoms with van der Waals surface area (Å²) in [5.41, 5.74) is 2.44. The number of fused-ring (bicyclic) bond motifs is 1. The van der Waals surface area contributed by atoms with Gasteiger partial charge in [0.2, 0.25) is 0 Å². The van der Waals surface area contributed by atoms with Crippen LogP contribution in [-0.2, 0) is 9.53 Å². The number of carbonyl (C=O) groups excluding carboxylic acids is 1. The maximum Gasteiger partial charge on any atom is 0.313 e. The highest BCUT2D eigenvalue weighted by molar-refractivity contribution is 5.86. The Bertz CT molecular complexity index is 665. The van der Waals surface area contributed by atoms with Gasteiger partial charge in [-0.15, -0.1) is 0 Å². The van der Waals surface area contributed by atoms with Gasteiger partial charge >= 0.3 is 5.97 Å². The molecule has 22 heavy (non-hydrogen) atoms. The number of hydrogen-bond donors (Lipinski definition) is 0. The average Bonchev–Trinajstić information content (AvgIpc) is 2.44. The fourth-order valence-corrected chi connectivity index (χ4v) is 2.37. The van der Waals surface area contributed by atoms with Crippen LogP contribution in [0.3, 0.4) is 0 Å². The van der Waals surface area contributed by atoms with Crippen molar-refractivity contribution in [2.75, 3.05) is 6.61 Å². The van der Waals surface area contributed by atoms with Crippen molar-refractivity contribution in [1.82, 2.24) is 0 Å². The molecule has 0 spiro atoms. The molecule has 2 nitrogen and oxygen atoms in total. The van der Waals surface area contributed by atoms with Gasteiger partial charge in [0.15, 0.2) is 0 Å². The lowest BCUT2D eigenvalue weighted by molar-refractivity contribution is -0.145. The second-order valence-electron chi connectivity index (χ2n) is 7.31. The van der Waals surface area contributed by atoms with E-state index in [0.717, 1.165) is 17.4 Å². The fraction of sp³-hybridized carbons (Fsp3) is 0.450. The van der Waals surface area contributed by atoms with E-state index < -0.39 is 0 Å². The molecule has 1 atom stereocenters. The SMILES string of the molecule is Cc1ccc2cc([C@H](C)C(=O)OCCC(C)(C)C)ccc2c1. The van der Waals surface area contributed by atoms with Crippen molar-refractivity contribution in [2.45, 2.75) is 47.0 Å². The Labute approximate surface area is 133 Å². The second kappa shape index (κ2) is 6.51. The van der Waals surface area contributed by atoms with E-state index in [4.69, 9.17) is 4.74 Å². The van der Waals surface area contributed by atoms with Crippen LogP contribution in [0.2, 0.25) is 0 Å². The van der Waals surface area contributed by atoms with E-state index in [-0.39, 0.29) is 17.3 Å². The number of carbonyl (C=O) groups is 1. The Morgan fingerprint density at radius 1 is 1.09 bits per heavy atom. The van der Waals surface area contributed by atoms with Crippen LogP contribution in [-0.4, -0.2) is 12.6 Å². The first-order valence-electron chi connectivity index (χ1n) is 7.93. The molecule has 2 heteroatoms. The van der Waals surface area contributed by atoms with Crippen LogP contribution >= 0.6 is 0 Å². The van der Waals surface area contributed by atoms with Crippen molar-refractivity contribution in [3.05, 3.63) is 47.5 Å². The van der Waals surface area contributed by atoms with Gasteiger partial charge in [0.25, 0.3) is 0 Å². The predicted octanol–water partition coefficient (Wildman–Crippen LogP) is 5.23. The molecule has 0 aliphatic carbocycles. The van der Waals surface area contributed by atoms with Gasteiger partial charge in [0.05, 0.1) is 12.5 Å². The van der Waals surface area contributed by atoms with Crippen molar-refractivity contribution in [3.63, 3.8) is 0 Å². The van der Waals surface area contributed by atoms with Gasteiger partial charge in [0, 0.05) is 0 Å². The Balaban J connectivity index is 2.07. The first-order valence-corrected chi connectivity index (χ1v) is 7.93. The third kappa shape index (κ3) is 4.33. The summed E-state index contributed by atoms with van der Waals surface area (Å²) in [5, 5.41) is 2.37. The molecule has 2 aromatic carbocycles. The largest absolute Gasteiger partial charge is 0.465 e. The molecule has 0 bridgehead atoms. The van der Waals surface area contributed by atoms with Crippen LogP contribution in [0.1, 0.15) is 51.2 Å². The summed E-state index contributed by atoms with van der Waals surface area (Å²) < 4.78 is 5.43. The highest BCUT2D eigenvalue weighted by Crippen LogP contribution is 2.24. The van der Waals surface area contributed by atoms with E-state index in [1.807, 2.05) is 13.0 Å². The number of ether oxygens (including phenoxy) is 1. The van der Waals surface area contributed by atoms with E-state index in [2.05, 4.69) is 58.0 Å². The van der Waals surface area contributed by atoms with Crippen molar-refractivity contribution in [3.8, 4) is 0 Å². The van der Waals surface area contributed by atoms with E-state index in [9.17, 15) is 4.79 Å². The zero-order valence-corrected chi connectivity index (χ0v) is 14.3. The maximum atomic E-state index is 12.2. The summed E-state index contributed by atoms with van der Waals surface area (Å²) in [7, 11) is 0. The van der Waals surface area contributed by atoms with E-state index >= 15 is 0 Å². The minimum atomic E-state index is -0.231. The van der Waals surface area contributed by atoms with Gasteiger partial charge in [0.1, 0.15) is 0 Å². The van der Waals surface area contributed by atoms with Crippen LogP contribution in [0.15, 0.2) is 36.4 Å². The highest BCUT2D eigenvalue weighted by Gasteiger charge is 2.18. The number of rotatable bonds is 4. The lowest BCUT2D eigenvalue weighted by Gasteiger charge is -2.19. The smallest absolute Gasteiger partial charge is 0.313 e. The van der Waals surface area contributed by atoms with Gasteiger partial charge in [-0.1, -0.05) is 62.7 Å². The number of esters is 1. The molecule has 0 fully saturated rings. The van der Waals surface area contributed by atoms with Crippen molar-refractivity contribution in [2.24, 2.45) is 5.41 Å². The molecule has 2 rings (SSSR count). The third-order valence-corrected chi connectivity index (χ3v) is 3.97. The van der Waals surface area contributed by atoms with Crippen LogP contribution in [0.25, 0.3) is 10.8 Å². The summed E-state index contributed by atoms with van der Waals surface area (Å²) in [4.78, 5) is 12.2. The van der Waals surface area contributed by atoms with E-state index in [1.165, 1.54) is 10.9 Å². The molecule has 0 aliphatic heterocycles. The Kier molecular flexibility index (Phi) is 4.90. The number of aryl methyl sites for hydroxylation is 1. The van der Waals surface area contributed by atoms with Crippen molar-refractivity contribution < 1.29 is 9.53 Å². The molecule has 0 saturated carbocycles. The molecule has 0 radical (unpaired) electrons. The molecule has 0 aliphatic rings. The number of benzene rings is 2. The Hall–Kier alpha value is -1.83. The first kappa shape index (κ1) is 16.5. The van der Waals surface area contributed by atoms with Crippen molar-refractivity contribution >= 4 is 16.7 Å². The molecular formula is C20H26O2. The zero-order valence-electron chi connectivity index (χ0n) is 14.3. The molecule has 2 aromatic rings. The minimum absolute atomic E-state index is 0.143. The molecular weight excluding hydrogens is 272 g/mol. The molecule has 0 amide bonds. The van der Waals surface area contributed by atoms with E-state index in [1.54, 1.807) is 0 Å². The number of hydrogen-bond acceptors (Lipinski definition) is 2. The topological polar surface area (TPSA) is 26.3 Å². The zero-order chi connectivity index (χ0) is 16.3. The van der Waals surface area contributed by atoms with Gasteiger partial charge in [-0.3, -0.25) is 4.79 Å². The standard InChI is InChI=1S/C20H26O2/c1-14-6-7-18-13-16(8-9-17(18)12-14)15(2)19(21)22-11-10-20(3,4)5/h6-9,12-13,15H,10-11H2,1-5H3/t15-/m0/s1. The molecule has 0 saturated heterocycles. The van der Waals surface area contributed by atoms with Crippen molar-refractivity contribution in [1.29, 1.82) is 0 Å². The minimum Gasteiger partial charge on any atom is -0.465 e. The van der Waals surface area contributed by atoms with Gasteiger partial charge < -0.3 is 4.74 Å². The van der Waals surface area contributed by atoms with Gasteiger partial charge in [-0.25, -0.2) is 0 Å². The van der Waals surface area contributed by atoms with Crippen LogP contribution in [0.5, 0.6) is 0 Å². The lowest BCUT2D eigenvalue weighted by Crippen LogP contribution is -2.17. The summed E-state index contributed by atoms with van der Waals surface area (Å²) in [6.07, 6.45) is 0.877.